The molecule has 0 saturated carbocycles. The summed E-state index contributed by atoms with van der Waals surface area (Å²) in [6.07, 6.45) is 14.1. The van der Waals surface area contributed by atoms with Crippen LogP contribution in [-0.4, -0.2) is 44.7 Å². The van der Waals surface area contributed by atoms with Crippen molar-refractivity contribution in [3.05, 3.63) is 113 Å². The molecular formula is C35H39N5S. The Bertz CT molecular complexity index is 1680. The van der Waals surface area contributed by atoms with Gasteiger partial charge < -0.3 is 4.98 Å². The van der Waals surface area contributed by atoms with Crippen molar-refractivity contribution in [2.24, 2.45) is 0 Å². The van der Waals surface area contributed by atoms with Crippen LogP contribution >= 0.6 is 11.3 Å². The highest BCUT2D eigenvalue weighted by molar-refractivity contribution is 7.14. The number of thiophene rings is 1. The molecule has 0 amide bonds. The fourth-order valence-electron chi connectivity index (χ4n) is 5.40. The van der Waals surface area contributed by atoms with Gasteiger partial charge in [0.05, 0.1) is 16.9 Å². The van der Waals surface area contributed by atoms with Crippen molar-refractivity contribution in [2.45, 2.75) is 40.0 Å². The average Bonchev–Trinajstić information content (AvgIpc) is 3.73. The van der Waals surface area contributed by atoms with Crippen molar-refractivity contribution in [1.29, 1.82) is 0 Å². The van der Waals surface area contributed by atoms with Gasteiger partial charge in [-0.05, 0) is 99.8 Å². The molecule has 5 rings (SSSR count). The lowest BCUT2D eigenvalue weighted by Gasteiger charge is -2.26. The summed E-state index contributed by atoms with van der Waals surface area (Å²) in [5.74, 6) is 0. The van der Waals surface area contributed by atoms with Crippen LogP contribution in [0, 0.1) is 6.92 Å². The summed E-state index contributed by atoms with van der Waals surface area (Å²) in [6.45, 7) is 21.6. The molecule has 1 aliphatic heterocycles. The van der Waals surface area contributed by atoms with E-state index in [1.165, 1.54) is 34.6 Å². The third-order valence-electron chi connectivity index (χ3n) is 7.61. The second-order valence-corrected chi connectivity index (χ2v) is 11.7. The third-order valence-corrected chi connectivity index (χ3v) is 8.89. The number of rotatable bonds is 10. The van der Waals surface area contributed by atoms with Crippen molar-refractivity contribution in [3.63, 3.8) is 0 Å². The first-order valence-corrected chi connectivity index (χ1v) is 15.1. The lowest BCUT2D eigenvalue weighted by atomic mass is 10.0. The molecule has 0 atom stereocenters. The Morgan fingerprint density at radius 2 is 1.88 bits per heavy atom. The first-order chi connectivity index (χ1) is 19.9. The molecule has 1 saturated heterocycles. The number of pyridine rings is 1. The quantitative estimate of drug-likeness (QED) is 0.190. The molecule has 41 heavy (non-hydrogen) atoms. The van der Waals surface area contributed by atoms with E-state index in [2.05, 4.69) is 102 Å². The number of nitrogens with one attached hydrogen (secondary N) is 2. The predicted octanol–water partition coefficient (Wildman–Crippen LogP) is 8.98. The molecular weight excluding hydrogens is 522 g/mol. The number of nitrogens with zero attached hydrogens (tertiary/aromatic N) is 3. The molecule has 0 spiro atoms. The van der Waals surface area contributed by atoms with E-state index in [0.717, 1.165) is 75.7 Å². The van der Waals surface area contributed by atoms with Gasteiger partial charge in [0.15, 0.2) is 0 Å². The van der Waals surface area contributed by atoms with Crippen molar-refractivity contribution in [1.82, 2.24) is 25.1 Å². The monoisotopic (exact) mass is 561 g/mol. The molecule has 1 fully saturated rings. The highest BCUT2D eigenvalue weighted by Gasteiger charge is 2.19. The maximum Gasteiger partial charge on any atom is 0.135 e. The van der Waals surface area contributed by atoms with Gasteiger partial charge in [0.1, 0.15) is 11.2 Å². The minimum absolute atomic E-state index is 0.805. The zero-order chi connectivity index (χ0) is 28.9. The highest BCUT2D eigenvalue weighted by Crippen LogP contribution is 2.36. The van der Waals surface area contributed by atoms with Crippen LogP contribution < -0.4 is 0 Å². The van der Waals surface area contributed by atoms with Crippen LogP contribution in [0.25, 0.3) is 39.1 Å². The molecule has 5 nitrogen and oxygen atoms in total. The number of aromatic nitrogens is 4. The highest BCUT2D eigenvalue weighted by atomic mass is 32.1. The van der Waals surface area contributed by atoms with E-state index in [1.54, 1.807) is 11.3 Å². The van der Waals surface area contributed by atoms with Crippen molar-refractivity contribution in [2.75, 3.05) is 19.6 Å². The number of H-pyrrole nitrogens is 2. The largest absolute Gasteiger partial charge is 0.357 e. The van der Waals surface area contributed by atoms with Crippen LogP contribution in [-0.2, 0) is 0 Å². The van der Waals surface area contributed by atoms with E-state index < -0.39 is 0 Å². The molecule has 0 unspecified atom stereocenters. The van der Waals surface area contributed by atoms with Gasteiger partial charge in [-0.3, -0.25) is 10.00 Å². The van der Waals surface area contributed by atoms with E-state index >= 15 is 0 Å². The van der Waals surface area contributed by atoms with E-state index in [4.69, 9.17) is 4.98 Å². The molecule has 2 N–H and O–H groups in total. The summed E-state index contributed by atoms with van der Waals surface area (Å²) in [4.78, 5) is 13.6. The minimum atomic E-state index is 0.805. The Balaban J connectivity index is 1.49. The van der Waals surface area contributed by atoms with Crippen LogP contribution in [0.3, 0.4) is 0 Å². The van der Waals surface area contributed by atoms with E-state index in [0.29, 0.717) is 0 Å². The number of likely N-dealkylation sites (tertiary alicyclic amines) is 1. The molecule has 0 aliphatic carbocycles. The van der Waals surface area contributed by atoms with Gasteiger partial charge in [-0.2, -0.15) is 5.10 Å². The Morgan fingerprint density at radius 3 is 2.56 bits per heavy atom. The number of aromatic amines is 2. The van der Waals surface area contributed by atoms with Gasteiger partial charge in [0.2, 0.25) is 0 Å². The number of aryl methyl sites for hydroxylation is 1. The first kappa shape index (κ1) is 28.5. The Hall–Kier alpha value is -4.00. The molecule has 5 heterocycles. The molecule has 210 valence electrons. The molecule has 6 heteroatoms. The number of allylic oxidation sites excluding steroid dienone is 6. The fourth-order valence-corrected chi connectivity index (χ4v) is 6.37. The number of fused-ring (bicyclic) bond motifs is 1. The van der Waals surface area contributed by atoms with Gasteiger partial charge in [-0.1, -0.05) is 50.5 Å². The van der Waals surface area contributed by atoms with Crippen molar-refractivity contribution >= 4 is 39.1 Å². The van der Waals surface area contributed by atoms with E-state index in [-0.39, 0.29) is 0 Å². The molecule has 4 aromatic rings. The SMILES string of the molecule is C=C/C=C(/c1ccc(C(=C)C)s1)c1cc(-c2n[nH]c3ccc(C(/C=C(\C=C)CN4CCCCC4)=C/C)nc23)[nH]c1C. The molecule has 0 radical (unpaired) electrons. The topological polar surface area (TPSA) is 60.6 Å². The zero-order valence-electron chi connectivity index (χ0n) is 24.4. The predicted molar refractivity (Wildman–Crippen MR) is 177 cm³/mol. The van der Waals surface area contributed by atoms with Crippen LogP contribution in [0.15, 0.2) is 86.0 Å². The normalized spacial score (nSPS) is 15.4. The van der Waals surface area contributed by atoms with E-state index in [1.807, 2.05) is 19.1 Å². The summed E-state index contributed by atoms with van der Waals surface area (Å²) in [6, 6.07) is 10.6. The van der Waals surface area contributed by atoms with Gasteiger partial charge in [0.25, 0.3) is 0 Å². The average molecular weight is 562 g/mol. The van der Waals surface area contributed by atoms with Gasteiger partial charge >= 0.3 is 0 Å². The summed E-state index contributed by atoms with van der Waals surface area (Å²) < 4.78 is 0. The van der Waals surface area contributed by atoms with Gasteiger partial charge in [-0.25, -0.2) is 4.98 Å². The van der Waals surface area contributed by atoms with Crippen LogP contribution in [0.1, 0.15) is 59.8 Å². The number of piperidine rings is 1. The Kier molecular flexibility index (Phi) is 8.81. The molecule has 4 aromatic heterocycles. The lowest BCUT2D eigenvalue weighted by molar-refractivity contribution is 0.248. The second-order valence-electron chi connectivity index (χ2n) is 10.7. The summed E-state index contributed by atoms with van der Waals surface area (Å²) in [7, 11) is 0. The maximum atomic E-state index is 5.10. The van der Waals surface area contributed by atoms with Gasteiger partial charge in [-0.15, -0.1) is 11.3 Å². The van der Waals surface area contributed by atoms with Crippen LogP contribution in [0.2, 0.25) is 0 Å². The maximum absolute atomic E-state index is 5.10. The Labute approximate surface area is 247 Å². The molecule has 0 aromatic carbocycles. The second kappa shape index (κ2) is 12.7. The zero-order valence-corrected chi connectivity index (χ0v) is 25.2. The fraction of sp³-hybridized carbons (Fsp3) is 0.257. The van der Waals surface area contributed by atoms with Crippen molar-refractivity contribution < 1.29 is 0 Å². The van der Waals surface area contributed by atoms with Crippen molar-refractivity contribution in [3.8, 4) is 11.4 Å². The molecule has 0 bridgehead atoms. The van der Waals surface area contributed by atoms with Gasteiger partial charge in [0, 0.05) is 33.1 Å². The number of hydrogen-bond donors (Lipinski definition) is 2. The van der Waals surface area contributed by atoms with E-state index in [9.17, 15) is 0 Å². The number of hydrogen-bond acceptors (Lipinski definition) is 4. The lowest BCUT2D eigenvalue weighted by Crippen LogP contribution is -2.31. The first-order valence-electron chi connectivity index (χ1n) is 14.3. The summed E-state index contributed by atoms with van der Waals surface area (Å²) in [5.41, 5.74) is 11.1. The summed E-state index contributed by atoms with van der Waals surface area (Å²) >= 11 is 1.74. The smallest absolute Gasteiger partial charge is 0.135 e. The third kappa shape index (κ3) is 6.19. The summed E-state index contributed by atoms with van der Waals surface area (Å²) in [5, 5.41) is 7.86. The standard InChI is InChI=1S/C35H39N5S/c1-7-13-27(33-17-16-32(41-33)23(4)5)28-21-31(36-24(28)6)35-34-30(38-39-35)15-14-29(37-34)26(9-3)20-25(8-2)22-40-18-11-10-12-19-40/h7-9,13-17,20-21,36H,1-2,4,10-12,18-19,22H2,3,5-6H3,(H,38,39)/b25-20+,26-9+,27-13+. The molecule has 1 aliphatic rings. The minimum Gasteiger partial charge on any atom is -0.357 e. The Morgan fingerprint density at radius 1 is 1.10 bits per heavy atom. The van der Waals surface area contributed by atoms with Crippen LogP contribution in [0.4, 0.5) is 0 Å². The van der Waals surface area contributed by atoms with Crippen LogP contribution in [0.5, 0.6) is 0 Å².